The Labute approximate surface area is 375 Å². The quantitative estimate of drug-likeness (QED) is 0.132. The number of hydrazine groups is 1. The molecule has 0 saturated carbocycles. The third kappa shape index (κ3) is 9.93. The predicted molar refractivity (Wildman–Crippen MR) is 247 cm³/mol. The summed E-state index contributed by atoms with van der Waals surface area (Å²) in [5.74, 6) is -1.73. The molecular formula is C47H66N8O7S. The first-order valence-electron chi connectivity index (χ1n) is 22.0. The molecule has 2 N–H and O–H groups in total. The van der Waals surface area contributed by atoms with Gasteiger partial charge in [0.15, 0.2) is 0 Å². The summed E-state index contributed by atoms with van der Waals surface area (Å²) in [6, 6.07) is 3.31. The summed E-state index contributed by atoms with van der Waals surface area (Å²) in [7, 11) is 4.89. The first kappa shape index (κ1) is 47.6. The van der Waals surface area contributed by atoms with Crippen LogP contribution in [0.1, 0.15) is 78.1 Å². The van der Waals surface area contributed by atoms with Crippen LogP contribution in [0.15, 0.2) is 46.9 Å². The number of nitrogens with zero attached hydrogens (tertiary/aromatic N) is 6. The second kappa shape index (κ2) is 19.9. The summed E-state index contributed by atoms with van der Waals surface area (Å²) in [5, 5.41) is 8.11. The number of cyclic esters (lactones) is 1. The highest BCUT2D eigenvalue weighted by Gasteiger charge is 2.41. The van der Waals surface area contributed by atoms with Crippen molar-refractivity contribution in [3.63, 3.8) is 0 Å². The van der Waals surface area contributed by atoms with Gasteiger partial charge in [0.2, 0.25) is 5.91 Å². The average molecular weight is 887 g/mol. The van der Waals surface area contributed by atoms with E-state index in [1.54, 1.807) is 32.4 Å². The van der Waals surface area contributed by atoms with E-state index in [0.29, 0.717) is 44.0 Å². The van der Waals surface area contributed by atoms with E-state index in [2.05, 4.69) is 60.9 Å². The average Bonchev–Trinajstić information content (AvgIpc) is 3.83. The van der Waals surface area contributed by atoms with Crippen LogP contribution < -0.4 is 10.7 Å². The lowest BCUT2D eigenvalue weighted by molar-refractivity contribution is -0.157. The molecule has 0 radical (unpaired) electrons. The van der Waals surface area contributed by atoms with Crippen molar-refractivity contribution < 1.29 is 33.4 Å². The van der Waals surface area contributed by atoms with Crippen molar-refractivity contribution in [3.05, 3.63) is 58.2 Å². The van der Waals surface area contributed by atoms with E-state index < -0.39 is 41.3 Å². The van der Waals surface area contributed by atoms with Crippen LogP contribution in [-0.4, -0.2) is 132 Å². The molecule has 3 aliphatic heterocycles. The van der Waals surface area contributed by atoms with Crippen LogP contribution in [0.2, 0.25) is 0 Å². The Morgan fingerprint density at radius 2 is 1.94 bits per heavy atom. The fraction of sp³-hybridized carbons (Fsp3) is 0.574. The highest BCUT2D eigenvalue weighted by atomic mass is 32.1. The number of aromatic nitrogens is 2. The summed E-state index contributed by atoms with van der Waals surface area (Å²) in [4.78, 5) is 69.5. The molecule has 63 heavy (non-hydrogen) atoms. The Morgan fingerprint density at radius 3 is 2.57 bits per heavy atom. The Morgan fingerprint density at radius 1 is 1.21 bits per heavy atom. The number of likely N-dealkylation sites (tertiary alicyclic amines) is 1. The van der Waals surface area contributed by atoms with Crippen molar-refractivity contribution in [2.45, 2.75) is 112 Å². The molecule has 3 aromatic rings. The van der Waals surface area contributed by atoms with Crippen molar-refractivity contribution in [3.8, 4) is 11.3 Å². The Hall–Kier alpha value is -4.90. The number of rotatable bonds is 11. The van der Waals surface area contributed by atoms with Crippen LogP contribution >= 0.6 is 11.3 Å². The van der Waals surface area contributed by atoms with Gasteiger partial charge in [0, 0.05) is 79.8 Å². The monoisotopic (exact) mass is 886 g/mol. The van der Waals surface area contributed by atoms with Crippen LogP contribution in [-0.2, 0) is 48.0 Å². The highest BCUT2D eigenvalue weighted by molar-refractivity contribution is 7.10. The maximum absolute atomic E-state index is 14.6. The van der Waals surface area contributed by atoms with E-state index in [9.17, 15) is 19.2 Å². The molecule has 6 bridgehead atoms. The van der Waals surface area contributed by atoms with Crippen LogP contribution in [0.25, 0.3) is 27.7 Å². The van der Waals surface area contributed by atoms with Gasteiger partial charge in [-0.3, -0.25) is 24.4 Å². The lowest BCUT2D eigenvalue weighted by Crippen LogP contribution is -2.64. The third-order valence-corrected chi connectivity index (χ3v) is 13.5. The fourth-order valence-corrected chi connectivity index (χ4v) is 9.79. The topological polar surface area (TPSA) is 160 Å². The number of urea groups is 1. The zero-order valence-corrected chi connectivity index (χ0v) is 39.6. The van der Waals surface area contributed by atoms with Gasteiger partial charge in [0.1, 0.15) is 18.1 Å². The number of amides is 4. The number of likely N-dealkylation sites (N-methyl/N-ethyl adjacent to an activating group) is 1. The molecule has 6 rings (SSSR count). The number of carbonyl (C=O) groups is 4. The molecule has 4 amide bonds. The molecule has 2 aromatic heterocycles. The summed E-state index contributed by atoms with van der Waals surface area (Å²) in [6.45, 7) is 22.1. The number of fused-ring (bicyclic) bond motifs is 6. The molecule has 0 spiro atoms. The number of methoxy groups -OCH3 is 2. The zero-order valence-electron chi connectivity index (χ0n) is 38.8. The number of ether oxygens (including phenoxy) is 3. The first-order valence-corrected chi connectivity index (χ1v) is 22.9. The largest absolute Gasteiger partial charge is 0.464 e. The Bertz CT molecular complexity index is 2260. The number of aliphatic imine (C=N–C) groups is 1. The summed E-state index contributed by atoms with van der Waals surface area (Å²) in [6.07, 6.45) is 4.43. The molecule has 2 saturated heterocycles. The van der Waals surface area contributed by atoms with Crippen molar-refractivity contribution in [1.29, 1.82) is 0 Å². The SMILES string of the molecule is C=C/C(=C(\N=C/C)[C@H](C)OC)c1c2c3cc(ccc3n1CC)-c1csc(n1)C[C@H](NC(=O)[C@H](C(C)C)N(C)C(=O)N1CC(OC)C1)C(=O)N1CC[C@H](C)[C@H](N1)C(=O)OCC(C)(C)C2. The Balaban J connectivity index is 1.45. The minimum absolute atomic E-state index is 0.0425. The molecule has 15 nitrogen and oxygen atoms in total. The molecule has 2 fully saturated rings. The van der Waals surface area contributed by atoms with Crippen molar-refractivity contribution in [2.24, 2.45) is 22.2 Å². The van der Waals surface area contributed by atoms with Gasteiger partial charge < -0.3 is 33.9 Å². The van der Waals surface area contributed by atoms with Crippen molar-refractivity contribution in [2.75, 3.05) is 47.5 Å². The van der Waals surface area contributed by atoms with E-state index in [0.717, 1.165) is 44.7 Å². The van der Waals surface area contributed by atoms with Gasteiger partial charge in [-0.05, 0) is 63.1 Å². The predicted octanol–water partition coefficient (Wildman–Crippen LogP) is 6.11. The van der Waals surface area contributed by atoms with Gasteiger partial charge >= 0.3 is 12.0 Å². The summed E-state index contributed by atoms with van der Waals surface area (Å²) >= 11 is 1.41. The fourth-order valence-electron chi connectivity index (χ4n) is 8.94. The van der Waals surface area contributed by atoms with E-state index in [1.807, 2.05) is 46.1 Å². The number of benzene rings is 1. The molecular weight excluding hydrogens is 821 g/mol. The van der Waals surface area contributed by atoms with Crippen LogP contribution in [0.5, 0.6) is 0 Å². The van der Waals surface area contributed by atoms with Gasteiger partial charge in [-0.15, -0.1) is 11.3 Å². The van der Waals surface area contributed by atoms with E-state index in [4.69, 9.17) is 24.2 Å². The van der Waals surface area contributed by atoms with Crippen LogP contribution in [0.3, 0.4) is 0 Å². The van der Waals surface area contributed by atoms with E-state index in [-0.39, 0.29) is 43.1 Å². The minimum atomic E-state index is -1.06. The smallest absolute Gasteiger partial charge is 0.325 e. The number of esters is 1. The molecule has 1 aromatic carbocycles. The van der Waals surface area contributed by atoms with E-state index in [1.165, 1.54) is 21.2 Å². The first-order chi connectivity index (χ1) is 30.0. The van der Waals surface area contributed by atoms with E-state index >= 15 is 0 Å². The molecule has 3 aliphatic rings. The lowest BCUT2D eigenvalue weighted by atomic mass is 9.84. The van der Waals surface area contributed by atoms with Gasteiger partial charge in [-0.2, -0.15) is 0 Å². The molecule has 0 aliphatic carbocycles. The summed E-state index contributed by atoms with van der Waals surface area (Å²) in [5.41, 5.74) is 8.96. The van der Waals surface area contributed by atoms with Crippen molar-refractivity contribution >= 4 is 57.8 Å². The second-order valence-corrected chi connectivity index (χ2v) is 19.1. The lowest BCUT2D eigenvalue weighted by Gasteiger charge is -2.42. The van der Waals surface area contributed by atoms with Gasteiger partial charge in [-0.1, -0.05) is 53.3 Å². The number of thiazole rings is 1. The number of aryl methyl sites for hydroxylation is 1. The third-order valence-electron chi connectivity index (χ3n) is 12.6. The highest BCUT2D eigenvalue weighted by Crippen LogP contribution is 2.40. The zero-order chi connectivity index (χ0) is 45.9. The van der Waals surface area contributed by atoms with Gasteiger partial charge in [0.05, 0.1) is 54.0 Å². The minimum Gasteiger partial charge on any atom is -0.464 e. The number of hydrogen-bond acceptors (Lipinski definition) is 11. The van der Waals surface area contributed by atoms with Crippen LogP contribution in [0.4, 0.5) is 4.79 Å². The molecule has 5 atom stereocenters. The normalized spacial score (nSPS) is 22.3. The number of hydrogen-bond donors (Lipinski definition) is 2. The van der Waals surface area contributed by atoms with Crippen molar-refractivity contribution in [1.82, 2.24) is 35.1 Å². The number of carbonyl (C=O) groups excluding carboxylic acids is 4. The standard InChI is InChI=1S/C47H66N8O7S/c1-13-32(40(48-14-2)29(7)60-11)42-34-22-47(8,9)26-62-45(58)39-28(6)18-19-55(51-39)44(57)35(50-43(56)41(27(4)5)52(10)46(59)53-23-31(24-53)61-12)21-38-49-36(25-63-38)30-16-17-37(33(34)20-30)54(42)15-3/h13-14,16-17,20,25,27-29,31,35,39,41,51H,1,15,18-19,21-24,26H2,2-12H3,(H,50,56)/b40-32+,48-14-/t28-,29-,35-,39-,41-/m0/s1. The number of nitrogens with one attached hydrogen (secondary N) is 2. The maximum Gasteiger partial charge on any atom is 0.325 e. The molecule has 342 valence electrons. The number of allylic oxidation sites excluding steroid dienone is 2. The molecule has 0 unspecified atom stereocenters. The molecule has 5 heterocycles. The second-order valence-electron chi connectivity index (χ2n) is 18.1. The summed E-state index contributed by atoms with van der Waals surface area (Å²) < 4.78 is 19.6. The maximum atomic E-state index is 14.6. The van der Waals surface area contributed by atoms with Crippen LogP contribution in [0, 0.1) is 17.3 Å². The molecule has 16 heteroatoms. The Kier molecular flexibility index (Phi) is 15.0. The van der Waals surface area contributed by atoms with Gasteiger partial charge in [0.25, 0.3) is 5.91 Å². The van der Waals surface area contributed by atoms with Gasteiger partial charge in [-0.25, -0.2) is 15.2 Å².